The fourth-order valence-corrected chi connectivity index (χ4v) is 2.99. The highest BCUT2D eigenvalue weighted by molar-refractivity contribution is 6.20. The van der Waals surface area contributed by atoms with Crippen LogP contribution in [0.1, 0.15) is 33.6 Å². The van der Waals surface area contributed by atoms with Gasteiger partial charge in [-0.25, -0.2) is 0 Å². The van der Waals surface area contributed by atoms with E-state index in [9.17, 15) is 14.4 Å². The highest BCUT2D eigenvalue weighted by Gasteiger charge is 2.42. The number of carbonyl (C=O) groups is 3. The van der Waals surface area contributed by atoms with Gasteiger partial charge in [-0.15, -0.1) is 0 Å². The number of rotatable bonds is 4. The van der Waals surface area contributed by atoms with Crippen LogP contribution < -0.4 is 0 Å². The van der Waals surface area contributed by atoms with Gasteiger partial charge in [0.1, 0.15) is 0 Å². The average molecular weight is 292 g/mol. The number of hydrogen-bond acceptors (Lipinski definition) is 3. The summed E-state index contributed by atoms with van der Waals surface area (Å²) in [4.78, 5) is 37.4. The molecule has 0 radical (unpaired) electrons. The Kier molecular flexibility index (Phi) is 3.96. The third-order valence-electron chi connectivity index (χ3n) is 4.18. The van der Waals surface area contributed by atoms with E-state index in [0.717, 1.165) is 0 Å². The van der Waals surface area contributed by atoms with Crippen molar-refractivity contribution < 1.29 is 14.4 Å². The Balaban J connectivity index is 1.78. The third kappa shape index (κ3) is 2.62. The minimum atomic E-state index is -0.680. The quantitative estimate of drug-likeness (QED) is 0.641. The van der Waals surface area contributed by atoms with E-state index < -0.39 is 11.8 Å². The molecule has 0 unspecified atom stereocenters. The van der Waals surface area contributed by atoms with Crippen molar-refractivity contribution in [2.24, 2.45) is 11.8 Å². The monoisotopic (exact) mass is 292 g/mol. The van der Waals surface area contributed by atoms with Crippen molar-refractivity contribution >= 4 is 17.3 Å². The molecule has 3 heteroatoms. The van der Waals surface area contributed by atoms with E-state index in [1.54, 1.807) is 48.5 Å². The second kappa shape index (κ2) is 6.06. The van der Waals surface area contributed by atoms with Gasteiger partial charge in [-0.3, -0.25) is 14.4 Å². The van der Waals surface area contributed by atoms with Gasteiger partial charge in [-0.05, 0) is 12.8 Å². The van der Waals surface area contributed by atoms with E-state index in [0.29, 0.717) is 24.0 Å². The van der Waals surface area contributed by atoms with Gasteiger partial charge >= 0.3 is 0 Å². The molecule has 0 spiro atoms. The molecule has 2 aromatic carbocycles. The number of hydrogen-bond donors (Lipinski definition) is 0. The first-order valence-electron chi connectivity index (χ1n) is 7.40. The lowest BCUT2D eigenvalue weighted by molar-refractivity contribution is -0.121. The highest BCUT2D eigenvalue weighted by atomic mass is 16.2. The summed E-state index contributed by atoms with van der Waals surface area (Å²) in [6.07, 6.45) is 0.908. The zero-order valence-electron chi connectivity index (χ0n) is 12.1. The van der Waals surface area contributed by atoms with E-state index in [2.05, 4.69) is 0 Å². The van der Waals surface area contributed by atoms with E-state index >= 15 is 0 Å². The van der Waals surface area contributed by atoms with Crippen LogP contribution in [0.15, 0.2) is 60.7 Å². The molecule has 3 rings (SSSR count). The standard InChI is InChI=1S/C19H16O3/c20-17(13-7-3-1-4-8-13)15-11-12-16(19(15)22)18(21)14-9-5-2-6-10-14/h1-10,15-16H,11-12H2/t15-,16+. The molecular weight excluding hydrogens is 276 g/mol. The lowest BCUT2D eigenvalue weighted by atomic mass is 9.91. The van der Waals surface area contributed by atoms with Crippen molar-refractivity contribution in [1.82, 2.24) is 0 Å². The molecule has 0 bridgehead atoms. The van der Waals surface area contributed by atoms with Crippen LogP contribution in [0.5, 0.6) is 0 Å². The smallest absolute Gasteiger partial charge is 0.173 e. The van der Waals surface area contributed by atoms with Gasteiger partial charge in [0.15, 0.2) is 17.3 Å². The summed E-state index contributed by atoms with van der Waals surface area (Å²) in [6.45, 7) is 0. The average Bonchev–Trinajstić information content (AvgIpc) is 2.96. The van der Waals surface area contributed by atoms with Crippen molar-refractivity contribution in [1.29, 1.82) is 0 Å². The van der Waals surface area contributed by atoms with Crippen LogP contribution in [-0.4, -0.2) is 17.3 Å². The van der Waals surface area contributed by atoms with Gasteiger partial charge in [0, 0.05) is 11.1 Å². The Morgan fingerprint density at radius 1 is 0.682 bits per heavy atom. The summed E-state index contributed by atoms with van der Waals surface area (Å²) in [7, 11) is 0. The summed E-state index contributed by atoms with van der Waals surface area (Å²) in [6, 6.07) is 17.6. The lowest BCUT2D eigenvalue weighted by Crippen LogP contribution is -2.26. The molecule has 1 aliphatic rings. The molecule has 0 N–H and O–H groups in total. The summed E-state index contributed by atoms with van der Waals surface area (Å²) >= 11 is 0. The van der Waals surface area contributed by atoms with Crippen LogP contribution in [0.2, 0.25) is 0 Å². The number of ketones is 3. The van der Waals surface area contributed by atoms with Gasteiger partial charge in [0.05, 0.1) is 11.8 Å². The second-order valence-corrected chi connectivity index (χ2v) is 5.55. The molecule has 0 amide bonds. The molecule has 1 aliphatic carbocycles. The molecule has 0 aromatic heterocycles. The van der Waals surface area contributed by atoms with Crippen LogP contribution in [0.4, 0.5) is 0 Å². The maximum absolute atomic E-state index is 12.5. The second-order valence-electron chi connectivity index (χ2n) is 5.55. The Labute approximate surface area is 129 Å². The predicted molar refractivity (Wildman–Crippen MR) is 82.8 cm³/mol. The minimum absolute atomic E-state index is 0.172. The van der Waals surface area contributed by atoms with E-state index in [-0.39, 0.29) is 17.3 Å². The molecule has 22 heavy (non-hydrogen) atoms. The zero-order chi connectivity index (χ0) is 15.5. The molecule has 110 valence electrons. The molecule has 3 nitrogen and oxygen atoms in total. The number of benzene rings is 2. The van der Waals surface area contributed by atoms with Crippen LogP contribution in [0, 0.1) is 11.8 Å². The normalized spacial score (nSPS) is 20.8. The maximum Gasteiger partial charge on any atom is 0.173 e. The number of Topliss-reactive ketones (excluding diaryl/α,β-unsaturated/α-hetero) is 3. The van der Waals surface area contributed by atoms with Crippen molar-refractivity contribution in [3.8, 4) is 0 Å². The lowest BCUT2D eigenvalue weighted by Gasteiger charge is -2.09. The van der Waals surface area contributed by atoms with Crippen LogP contribution in [0.3, 0.4) is 0 Å². The third-order valence-corrected chi connectivity index (χ3v) is 4.18. The molecule has 2 atom stereocenters. The Hall–Kier alpha value is -2.55. The van der Waals surface area contributed by atoms with Crippen molar-refractivity contribution in [3.05, 3.63) is 71.8 Å². The van der Waals surface area contributed by atoms with Gasteiger partial charge in [-0.1, -0.05) is 60.7 Å². The highest BCUT2D eigenvalue weighted by Crippen LogP contribution is 2.32. The minimum Gasteiger partial charge on any atom is -0.298 e. The van der Waals surface area contributed by atoms with E-state index in [4.69, 9.17) is 0 Å². The first-order valence-corrected chi connectivity index (χ1v) is 7.40. The summed E-state index contributed by atoms with van der Waals surface area (Å²) in [5, 5.41) is 0. The Morgan fingerprint density at radius 2 is 1.05 bits per heavy atom. The van der Waals surface area contributed by atoms with Gasteiger partial charge in [-0.2, -0.15) is 0 Å². The fourth-order valence-electron chi connectivity index (χ4n) is 2.99. The van der Waals surface area contributed by atoms with Crippen LogP contribution in [-0.2, 0) is 4.79 Å². The molecule has 2 aromatic rings. The fraction of sp³-hybridized carbons (Fsp3) is 0.211. The SMILES string of the molecule is O=C(c1ccccc1)[C@H]1CC[C@@H](C(=O)c2ccccc2)C1=O. The molecule has 1 saturated carbocycles. The first kappa shape index (κ1) is 14.4. The molecule has 1 fully saturated rings. The summed E-state index contributed by atoms with van der Waals surface area (Å²) in [5.74, 6) is -1.94. The van der Waals surface area contributed by atoms with Gasteiger partial charge < -0.3 is 0 Å². The molecule has 0 saturated heterocycles. The molecular formula is C19H16O3. The molecule has 0 aliphatic heterocycles. The van der Waals surface area contributed by atoms with Crippen molar-refractivity contribution in [3.63, 3.8) is 0 Å². The van der Waals surface area contributed by atoms with Crippen LogP contribution >= 0.6 is 0 Å². The first-order chi connectivity index (χ1) is 10.7. The largest absolute Gasteiger partial charge is 0.298 e. The molecule has 0 heterocycles. The zero-order valence-corrected chi connectivity index (χ0v) is 12.1. The number of carbonyl (C=O) groups excluding carboxylic acids is 3. The van der Waals surface area contributed by atoms with Crippen molar-refractivity contribution in [2.45, 2.75) is 12.8 Å². The topological polar surface area (TPSA) is 51.2 Å². The van der Waals surface area contributed by atoms with E-state index in [1.807, 2.05) is 12.1 Å². The van der Waals surface area contributed by atoms with Crippen molar-refractivity contribution in [2.75, 3.05) is 0 Å². The maximum atomic E-state index is 12.5. The summed E-state index contributed by atoms with van der Waals surface area (Å²) in [5.41, 5.74) is 1.07. The van der Waals surface area contributed by atoms with Gasteiger partial charge in [0.25, 0.3) is 0 Å². The predicted octanol–water partition coefficient (Wildman–Crippen LogP) is 3.35. The Morgan fingerprint density at radius 3 is 1.41 bits per heavy atom. The summed E-state index contributed by atoms with van der Waals surface area (Å²) < 4.78 is 0. The van der Waals surface area contributed by atoms with Gasteiger partial charge in [0.2, 0.25) is 0 Å². The van der Waals surface area contributed by atoms with E-state index in [1.165, 1.54) is 0 Å². The van der Waals surface area contributed by atoms with Crippen LogP contribution in [0.25, 0.3) is 0 Å². The Bertz CT molecular complexity index is 642.